The van der Waals surface area contributed by atoms with Gasteiger partial charge in [-0.1, -0.05) is 25.9 Å². The summed E-state index contributed by atoms with van der Waals surface area (Å²) in [5.74, 6) is 4.20. The van der Waals surface area contributed by atoms with Gasteiger partial charge in [-0.25, -0.2) is 0 Å². The highest BCUT2D eigenvalue weighted by atomic mass is 16.6. The van der Waals surface area contributed by atoms with Gasteiger partial charge in [0.2, 0.25) is 0 Å². The lowest BCUT2D eigenvalue weighted by atomic mass is 9.43. The third-order valence-electron chi connectivity index (χ3n) is 9.22. The number of hydrogen-bond acceptors (Lipinski definition) is 4. The topological polar surface area (TPSA) is 50.7 Å². The van der Waals surface area contributed by atoms with Crippen LogP contribution >= 0.6 is 0 Å². The highest BCUT2D eigenvalue weighted by Crippen LogP contribution is 2.66. The van der Waals surface area contributed by atoms with Gasteiger partial charge in [-0.15, -0.1) is 0 Å². The summed E-state index contributed by atoms with van der Waals surface area (Å²) in [4.78, 5) is 18.1. The molecule has 4 fully saturated rings. The Morgan fingerprint density at radius 1 is 1.15 bits per heavy atom. The van der Waals surface area contributed by atoms with Crippen LogP contribution in [0.1, 0.15) is 72.1 Å². The number of nitrogens with one attached hydrogen (secondary N) is 1. The maximum absolute atomic E-state index is 12.6. The Bertz CT molecular complexity index is 617. The minimum Gasteiger partial charge on any atom is -0.394 e. The molecule has 0 amide bonds. The highest BCUT2D eigenvalue weighted by molar-refractivity contribution is 5.87. The summed E-state index contributed by atoms with van der Waals surface area (Å²) >= 11 is 0. The molecule has 1 N–H and O–H groups in total. The molecule has 1 unspecified atom stereocenters. The van der Waals surface area contributed by atoms with Crippen LogP contribution in [0.15, 0.2) is 5.16 Å². The first-order valence-corrected chi connectivity index (χ1v) is 11.3. The zero-order chi connectivity index (χ0) is 19.2. The number of hydrogen-bond donors (Lipinski definition) is 1. The SMILES string of the molecule is CNCCON=C1CC[C@@]2(C)C(C1)[C@@H](C)C[C@@H]1[C@@H]2CC[C@]2(C)C(=O)CC[C@@H]12. The largest absolute Gasteiger partial charge is 0.394 e. The first-order chi connectivity index (χ1) is 12.9. The fourth-order valence-electron chi connectivity index (χ4n) is 7.67. The molecular formula is C23H38N2O2. The molecule has 4 aliphatic carbocycles. The Labute approximate surface area is 164 Å². The van der Waals surface area contributed by atoms with E-state index in [9.17, 15) is 4.79 Å². The number of fused-ring (bicyclic) bond motifs is 5. The van der Waals surface area contributed by atoms with Crippen molar-refractivity contribution in [1.82, 2.24) is 5.32 Å². The standard InChI is InChI=1S/C23H38N2O2/c1-15-13-17-18-5-6-21(26)23(18,3)10-8-19(17)22(2)9-7-16(14-20(15)22)25-27-12-11-24-4/h15,17-20,24H,5-14H2,1-4H3/t15-,17-,18-,19-,20?,22+,23-/m0/s1. The quantitative estimate of drug-likeness (QED) is 0.585. The van der Waals surface area contributed by atoms with Crippen molar-refractivity contribution in [1.29, 1.82) is 0 Å². The molecule has 0 spiro atoms. The van der Waals surface area contributed by atoms with Gasteiger partial charge in [0.15, 0.2) is 0 Å². The monoisotopic (exact) mass is 374 g/mol. The summed E-state index contributed by atoms with van der Waals surface area (Å²) in [5.41, 5.74) is 1.68. The van der Waals surface area contributed by atoms with Crippen LogP contribution < -0.4 is 5.32 Å². The van der Waals surface area contributed by atoms with Crippen LogP contribution in [0.5, 0.6) is 0 Å². The minimum absolute atomic E-state index is 0.00742. The van der Waals surface area contributed by atoms with Crippen molar-refractivity contribution in [2.75, 3.05) is 20.2 Å². The van der Waals surface area contributed by atoms with E-state index in [4.69, 9.17) is 4.84 Å². The van der Waals surface area contributed by atoms with Crippen molar-refractivity contribution < 1.29 is 9.63 Å². The molecule has 0 aromatic heterocycles. The van der Waals surface area contributed by atoms with Crippen LogP contribution in [0.25, 0.3) is 0 Å². The van der Waals surface area contributed by atoms with Gasteiger partial charge in [0.05, 0.1) is 5.71 Å². The number of likely N-dealkylation sites (N-methyl/N-ethyl adjacent to an activating group) is 1. The Morgan fingerprint density at radius 3 is 2.74 bits per heavy atom. The predicted molar refractivity (Wildman–Crippen MR) is 109 cm³/mol. The van der Waals surface area contributed by atoms with Crippen LogP contribution in [0.2, 0.25) is 0 Å². The van der Waals surface area contributed by atoms with Gasteiger partial charge >= 0.3 is 0 Å². The average molecular weight is 375 g/mol. The van der Waals surface area contributed by atoms with Gasteiger partial charge < -0.3 is 10.2 Å². The summed E-state index contributed by atoms with van der Waals surface area (Å²) in [6.07, 6.45) is 9.12. The van der Waals surface area contributed by atoms with Crippen molar-refractivity contribution >= 4 is 11.5 Å². The van der Waals surface area contributed by atoms with Gasteiger partial charge in [-0.3, -0.25) is 4.79 Å². The summed E-state index contributed by atoms with van der Waals surface area (Å²) in [7, 11) is 1.94. The lowest BCUT2D eigenvalue weighted by Gasteiger charge is -2.61. The molecule has 0 saturated heterocycles. The second-order valence-corrected chi connectivity index (χ2v) is 10.4. The number of rotatable bonds is 4. The van der Waals surface area contributed by atoms with Gasteiger partial charge in [-0.2, -0.15) is 0 Å². The van der Waals surface area contributed by atoms with Crippen molar-refractivity contribution in [2.24, 2.45) is 45.6 Å². The van der Waals surface area contributed by atoms with Crippen LogP contribution in [-0.4, -0.2) is 31.7 Å². The fraction of sp³-hybridized carbons (Fsp3) is 0.913. The molecule has 0 bridgehead atoms. The lowest BCUT2D eigenvalue weighted by Crippen LogP contribution is -2.56. The summed E-state index contributed by atoms with van der Waals surface area (Å²) in [6.45, 7) is 8.82. The van der Waals surface area contributed by atoms with Crippen LogP contribution in [-0.2, 0) is 9.63 Å². The van der Waals surface area contributed by atoms with Gasteiger partial charge in [0, 0.05) is 18.4 Å². The predicted octanol–water partition coefficient (Wildman–Crippen LogP) is 4.44. The van der Waals surface area contributed by atoms with E-state index in [0.717, 1.165) is 62.3 Å². The van der Waals surface area contributed by atoms with E-state index in [1.165, 1.54) is 25.0 Å². The first-order valence-electron chi connectivity index (χ1n) is 11.3. The molecule has 0 aromatic carbocycles. The number of oxime groups is 1. The van der Waals surface area contributed by atoms with Crippen molar-refractivity contribution in [2.45, 2.75) is 72.1 Å². The number of carbonyl (C=O) groups is 1. The number of ketones is 1. The number of nitrogens with zero attached hydrogens (tertiary/aromatic N) is 1. The van der Waals surface area contributed by atoms with E-state index >= 15 is 0 Å². The van der Waals surface area contributed by atoms with Crippen molar-refractivity contribution in [3.8, 4) is 0 Å². The fourth-order valence-corrected chi connectivity index (χ4v) is 7.67. The molecular weight excluding hydrogens is 336 g/mol. The molecule has 4 aliphatic rings. The Kier molecular flexibility index (Phi) is 5.15. The Balaban J connectivity index is 1.51. The zero-order valence-electron chi connectivity index (χ0n) is 17.7. The lowest BCUT2D eigenvalue weighted by molar-refractivity contribution is -0.141. The van der Waals surface area contributed by atoms with E-state index in [2.05, 4.69) is 31.2 Å². The molecule has 0 aliphatic heterocycles. The van der Waals surface area contributed by atoms with Crippen LogP contribution in [0.4, 0.5) is 0 Å². The number of Topliss-reactive ketones (excluding diaryl/α,β-unsaturated/α-hetero) is 1. The van der Waals surface area contributed by atoms with Gasteiger partial charge in [-0.05, 0) is 87.0 Å². The van der Waals surface area contributed by atoms with E-state index in [0.29, 0.717) is 23.7 Å². The van der Waals surface area contributed by atoms with E-state index in [1.54, 1.807) is 0 Å². The summed E-state index contributed by atoms with van der Waals surface area (Å²) in [5, 5.41) is 7.59. The molecule has 27 heavy (non-hydrogen) atoms. The Hall–Kier alpha value is -0.900. The molecule has 4 heteroatoms. The van der Waals surface area contributed by atoms with Crippen LogP contribution in [0.3, 0.4) is 0 Å². The van der Waals surface area contributed by atoms with E-state index in [-0.39, 0.29) is 5.41 Å². The third kappa shape index (κ3) is 3.07. The van der Waals surface area contributed by atoms with E-state index < -0.39 is 0 Å². The minimum atomic E-state index is -0.00742. The molecule has 7 atom stereocenters. The third-order valence-corrected chi connectivity index (χ3v) is 9.22. The summed E-state index contributed by atoms with van der Waals surface area (Å²) < 4.78 is 0. The number of carbonyl (C=O) groups excluding carboxylic acids is 1. The van der Waals surface area contributed by atoms with Crippen molar-refractivity contribution in [3.63, 3.8) is 0 Å². The Morgan fingerprint density at radius 2 is 1.96 bits per heavy atom. The maximum Gasteiger partial charge on any atom is 0.139 e. The second-order valence-electron chi connectivity index (χ2n) is 10.4. The molecule has 4 nitrogen and oxygen atoms in total. The average Bonchev–Trinajstić information content (AvgIpc) is 2.95. The normalized spacial score (nSPS) is 48.1. The van der Waals surface area contributed by atoms with Crippen molar-refractivity contribution in [3.05, 3.63) is 0 Å². The smallest absolute Gasteiger partial charge is 0.139 e. The van der Waals surface area contributed by atoms with Gasteiger partial charge in [0.1, 0.15) is 12.4 Å². The molecule has 0 aromatic rings. The summed E-state index contributed by atoms with van der Waals surface area (Å²) in [6, 6.07) is 0. The van der Waals surface area contributed by atoms with Crippen LogP contribution in [0, 0.1) is 40.4 Å². The molecule has 4 saturated carbocycles. The van der Waals surface area contributed by atoms with Gasteiger partial charge in [0.25, 0.3) is 0 Å². The van der Waals surface area contributed by atoms with E-state index in [1.807, 2.05) is 7.05 Å². The molecule has 0 radical (unpaired) electrons. The highest BCUT2D eigenvalue weighted by Gasteiger charge is 2.61. The zero-order valence-corrected chi connectivity index (χ0v) is 17.7. The molecule has 0 heterocycles. The molecule has 152 valence electrons. The molecule has 4 rings (SSSR count). The second kappa shape index (κ2) is 7.17. The maximum atomic E-state index is 12.6. The first kappa shape index (κ1) is 19.4.